The summed E-state index contributed by atoms with van der Waals surface area (Å²) in [7, 11) is 1.52. The number of nitrogens with one attached hydrogen (secondary N) is 1. The van der Waals surface area contributed by atoms with Crippen LogP contribution in [0.5, 0.6) is 5.75 Å². The third-order valence-electron chi connectivity index (χ3n) is 6.27. The summed E-state index contributed by atoms with van der Waals surface area (Å²) in [6.07, 6.45) is 4.93. The number of hydrogen-bond acceptors (Lipinski definition) is 5. The van der Waals surface area contributed by atoms with Crippen molar-refractivity contribution in [3.8, 4) is 5.75 Å². The highest BCUT2D eigenvalue weighted by Gasteiger charge is 2.50. The van der Waals surface area contributed by atoms with E-state index in [2.05, 4.69) is 5.32 Å². The first-order valence-electron chi connectivity index (χ1n) is 10.3. The fraction of sp³-hybridized carbons (Fsp3) is 0.292. The largest absolute Gasteiger partial charge is 0.495 e. The number of allylic oxidation sites excluding steroid dienone is 2. The Morgan fingerprint density at radius 3 is 2.42 bits per heavy atom. The van der Waals surface area contributed by atoms with E-state index in [0.717, 1.165) is 21.3 Å². The van der Waals surface area contributed by atoms with Crippen LogP contribution in [0.4, 0.5) is 5.69 Å². The van der Waals surface area contributed by atoms with Crippen LogP contribution in [0.1, 0.15) is 19.8 Å². The van der Waals surface area contributed by atoms with E-state index in [0.29, 0.717) is 29.9 Å². The van der Waals surface area contributed by atoms with Crippen LogP contribution in [0.15, 0.2) is 53.0 Å². The number of ether oxygens (including phenoxy) is 1. The lowest BCUT2D eigenvalue weighted by Gasteiger charge is -2.23. The highest BCUT2D eigenvalue weighted by atomic mass is 16.5. The quantitative estimate of drug-likeness (QED) is 0.513. The minimum Gasteiger partial charge on any atom is -0.495 e. The molecule has 0 saturated carbocycles. The lowest BCUT2D eigenvalue weighted by molar-refractivity contribution is -0.146. The number of imide groups is 1. The molecule has 1 aromatic heterocycles. The Morgan fingerprint density at radius 2 is 1.74 bits per heavy atom. The second kappa shape index (κ2) is 7.27. The van der Waals surface area contributed by atoms with Gasteiger partial charge in [-0.05, 0) is 31.9 Å². The Balaban J connectivity index is 1.44. The zero-order chi connectivity index (χ0) is 21.7. The van der Waals surface area contributed by atoms with Crippen molar-refractivity contribution < 1.29 is 23.5 Å². The number of para-hydroxylation sites is 1. The van der Waals surface area contributed by atoms with Gasteiger partial charge >= 0.3 is 0 Å². The summed E-state index contributed by atoms with van der Waals surface area (Å²) >= 11 is 0. The maximum Gasteiger partial charge on any atom is 0.247 e. The van der Waals surface area contributed by atoms with Crippen molar-refractivity contribution in [1.29, 1.82) is 0 Å². The summed E-state index contributed by atoms with van der Waals surface area (Å²) in [6, 6.07) is 10.2. The number of carbonyl (C=O) groups is 3. The Labute approximate surface area is 178 Å². The van der Waals surface area contributed by atoms with Gasteiger partial charge in [-0.15, -0.1) is 0 Å². The molecule has 2 heterocycles. The molecule has 7 heteroatoms. The molecule has 1 saturated heterocycles. The molecule has 3 aromatic rings. The Hall–Kier alpha value is -3.61. The molecule has 1 fully saturated rings. The number of fused-ring (bicyclic) bond motifs is 4. The summed E-state index contributed by atoms with van der Waals surface area (Å²) in [6.45, 7) is 1.57. The van der Waals surface area contributed by atoms with Crippen molar-refractivity contribution in [3.05, 3.63) is 48.6 Å². The number of furan rings is 1. The van der Waals surface area contributed by atoms with Gasteiger partial charge in [0.05, 0.1) is 24.6 Å². The Morgan fingerprint density at radius 1 is 1.06 bits per heavy atom. The normalized spacial score (nSPS) is 21.5. The van der Waals surface area contributed by atoms with Gasteiger partial charge in [-0.2, -0.15) is 0 Å². The molecular weight excluding hydrogens is 396 g/mol. The maximum absolute atomic E-state index is 13.0. The predicted octanol–water partition coefficient (Wildman–Crippen LogP) is 3.87. The number of methoxy groups -OCH3 is 1. The number of likely N-dealkylation sites (tertiary alicyclic amines) is 1. The number of amides is 3. The van der Waals surface area contributed by atoms with Gasteiger partial charge in [0.15, 0.2) is 0 Å². The number of rotatable bonds is 4. The first-order valence-corrected chi connectivity index (χ1v) is 10.3. The summed E-state index contributed by atoms with van der Waals surface area (Å²) in [5.74, 6) is -1.27. The van der Waals surface area contributed by atoms with Gasteiger partial charge in [0, 0.05) is 16.8 Å². The highest BCUT2D eigenvalue weighted by Crippen LogP contribution is 2.38. The summed E-state index contributed by atoms with van der Waals surface area (Å²) in [5, 5.41) is 4.64. The van der Waals surface area contributed by atoms with Crippen LogP contribution in [0.25, 0.3) is 21.9 Å². The fourth-order valence-corrected chi connectivity index (χ4v) is 4.58. The number of benzene rings is 2. The molecule has 0 radical (unpaired) electrons. The summed E-state index contributed by atoms with van der Waals surface area (Å²) in [5.41, 5.74) is 1.76. The van der Waals surface area contributed by atoms with Crippen molar-refractivity contribution in [3.63, 3.8) is 0 Å². The minimum atomic E-state index is -0.929. The minimum absolute atomic E-state index is 0.276. The molecule has 0 spiro atoms. The third-order valence-corrected chi connectivity index (χ3v) is 6.27. The molecule has 158 valence electrons. The summed E-state index contributed by atoms with van der Waals surface area (Å²) in [4.78, 5) is 39.7. The van der Waals surface area contributed by atoms with E-state index in [1.807, 2.05) is 42.5 Å². The SMILES string of the molecule is COc1cc2c(cc1NC(=O)[C@H](C)N1C(=O)[C@@H]3CC=CC[C@H]3C1=O)oc1ccccc12. The Kier molecular flexibility index (Phi) is 4.54. The monoisotopic (exact) mass is 418 g/mol. The summed E-state index contributed by atoms with van der Waals surface area (Å²) < 4.78 is 11.4. The molecule has 5 rings (SSSR count). The molecule has 1 aliphatic carbocycles. The van der Waals surface area contributed by atoms with Crippen LogP contribution in [0.2, 0.25) is 0 Å². The molecule has 3 amide bonds. The van der Waals surface area contributed by atoms with Crippen molar-refractivity contribution in [2.45, 2.75) is 25.8 Å². The van der Waals surface area contributed by atoms with Crippen LogP contribution in [0.3, 0.4) is 0 Å². The first kappa shape index (κ1) is 19.4. The molecule has 2 aliphatic rings. The van der Waals surface area contributed by atoms with Crippen molar-refractivity contribution in [1.82, 2.24) is 4.90 Å². The zero-order valence-electron chi connectivity index (χ0n) is 17.3. The van der Waals surface area contributed by atoms with Gasteiger partial charge in [0.2, 0.25) is 17.7 Å². The van der Waals surface area contributed by atoms with Gasteiger partial charge in [-0.25, -0.2) is 0 Å². The molecule has 0 unspecified atom stereocenters. The van der Waals surface area contributed by atoms with Gasteiger partial charge in [0.1, 0.15) is 23.0 Å². The fourth-order valence-electron chi connectivity index (χ4n) is 4.58. The third kappa shape index (κ3) is 3.00. The topological polar surface area (TPSA) is 88.9 Å². The van der Waals surface area contributed by atoms with E-state index < -0.39 is 11.9 Å². The van der Waals surface area contributed by atoms with Crippen molar-refractivity contribution >= 4 is 45.3 Å². The standard InChI is InChI=1S/C24H22N2O5/c1-13(26-23(28)15-8-3-4-9-16(15)24(26)29)22(27)25-18-12-20-17(11-21(18)30-2)14-7-5-6-10-19(14)31-20/h3-7,10-13,15-16H,8-9H2,1-2H3,(H,25,27)/t13-,15+,16+/m0/s1. The van der Waals surface area contributed by atoms with E-state index in [1.165, 1.54) is 7.11 Å². The van der Waals surface area contributed by atoms with Crippen LogP contribution >= 0.6 is 0 Å². The van der Waals surface area contributed by atoms with E-state index in [-0.39, 0.29) is 23.7 Å². The molecule has 1 N–H and O–H groups in total. The molecule has 0 bridgehead atoms. The van der Waals surface area contributed by atoms with Crippen LogP contribution < -0.4 is 10.1 Å². The van der Waals surface area contributed by atoms with E-state index in [4.69, 9.17) is 9.15 Å². The smallest absolute Gasteiger partial charge is 0.247 e. The number of anilines is 1. The van der Waals surface area contributed by atoms with E-state index in [9.17, 15) is 14.4 Å². The first-order chi connectivity index (χ1) is 15.0. The second-order valence-electron chi connectivity index (χ2n) is 8.01. The van der Waals surface area contributed by atoms with Gasteiger partial charge < -0.3 is 14.5 Å². The molecular formula is C24H22N2O5. The van der Waals surface area contributed by atoms with E-state index in [1.54, 1.807) is 13.0 Å². The molecule has 7 nitrogen and oxygen atoms in total. The molecule has 3 atom stereocenters. The molecule has 1 aliphatic heterocycles. The molecule has 31 heavy (non-hydrogen) atoms. The van der Waals surface area contributed by atoms with Gasteiger partial charge in [-0.3, -0.25) is 19.3 Å². The second-order valence-corrected chi connectivity index (χ2v) is 8.01. The van der Waals surface area contributed by atoms with Crippen LogP contribution in [-0.4, -0.2) is 35.8 Å². The van der Waals surface area contributed by atoms with Crippen LogP contribution in [-0.2, 0) is 14.4 Å². The zero-order valence-corrected chi connectivity index (χ0v) is 17.3. The lowest BCUT2D eigenvalue weighted by Crippen LogP contribution is -2.46. The lowest BCUT2D eigenvalue weighted by atomic mass is 9.85. The van der Waals surface area contributed by atoms with Crippen LogP contribution in [0, 0.1) is 11.8 Å². The van der Waals surface area contributed by atoms with Gasteiger partial charge in [-0.1, -0.05) is 30.4 Å². The maximum atomic E-state index is 13.0. The number of hydrogen-bond donors (Lipinski definition) is 1. The average Bonchev–Trinajstić information content (AvgIpc) is 3.27. The Bertz CT molecular complexity index is 1230. The van der Waals surface area contributed by atoms with Crippen molar-refractivity contribution in [2.75, 3.05) is 12.4 Å². The highest BCUT2D eigenvalue weighted by molar-refractivity contribution is 6.11. The van der Waals surface area contributed by atoms with Crippen molar-refractivity contribution in [2.24, 2.45) is 11.8 Å². The van der Waals surface area contributed by atoms with E-state index >= 15 is 0 Å². The average molecular weight is 418 g/mol. The number of carbonyl (C=O) groups excluding carboxylic acids is 3. The van der Waals surface area contributed by atoms with Gasteiger partial charge in [0.25, 0.3) is 0 Å². The predicted molar refractivity (Wildman–Crippen MR) is 116 cm³/mol. The molecule has 2 aromatic carbocycles. The number of nitrogens with zero attached hydrogens (tertiary/aromatic N) is 1.